The van der Waals surface area contributed by atoms with Gasteiger partial charge in [-0.3, -0.25) is 23.8 Å². The fraction of sp³-hybridized carbons (Fsp3) is 0.360. The topological polar surface area (TPSA) is 306 Å². The molecular weight excluding hydrogens is 662 g/mol. The second-order valence-corrected chi connectivity index (χ2v) is 12.6. The van der Waals surface area contributed by atoms with Crippen LogP contribution in [0.1, 0.15) is 24.1 Å². The van der Waals surface area contributed by atoms with Gasteiger partial charge in [0.05, 0.1) is 18.6 Å². The third-order valence-electron chi connectivity index (χ3n) is 7.09. The lowest BCUT2D eigenvalue weighted by Gasteiger charge is -2.43. The van der Waals surface area contributed by atoms with Crippen LogP contribution in [-0.2, 0) is 36.1 Å². The number of nitrogens with two attached hydrogens (primary N) is 3. The van der Waals surface area contributed by atoms with E-state index < -0.39 is 58.6 Å². The van der Waals surface area contributed by atoms with Crippen molar-refractivity contribution in [2.24, 2.45) is 21.6 Å². The maximum absolute atomic E-state index is 13.3. The van der Waals surface area contributed by atoms with E-state index in [9.17, 15) is 32.5 Å². The lowest BCUT2D eigenvalue weighted by Crippen LogP contribution is -2.73. The van der Waals surface area contributed by atoms with Crippen LogP contribution >= 0.6 is 11.3 Å². The van der Waals surface area contributed by atoms with E-state index >= 15 is 0 Å². The normalized spacial score (nSPS) is 22.2. The minimum absolute atomic E-state index is 0.0327. The third kappa shape index (κ3) is 7.79. The van der Waals surface area contributed by atoms with Crippen LogP contribution in [-0.4, -0.2) is 108 Å². The molecular formula is C25H29N11O9S2. The summed E-state index contributed by atoms with van der Waals surface area (Å²) in [7, 11) is -4.98. The highest BCUT2D eigenvalue weighted by molar-refractivity contribution is 7.84. The van der Waals surface area contributed by atoms with E-state index in [1.165, 1.54) is 16.4 Å². The number of ether oxygens (including phenoxy) is 1. The van der Waals surface area contributed by atoms with E-state index in [0.29, 0.717) is 11.4 Å². The van der Waals surface area contributed by atoms with Gasteiger partial charge in [0.25, 0.3) is 17.9 Å². The molecule has 1 saturated heterocycles. The Labute approximate surface area is 270 Å². The number of nitrogens with zero attached hydrogens (tertiary/aromatic N) is 7. The molecule has 2 amide bonds. The first-order valence-corrected chi connectivity index (χ1v) is 16.0. The van der Waals surface area contributed by atoms with E-state index in [0.717, 1.165) is 30.5 Å². The fourth-order valence-electron chi connectivity index (χ4n) is 4.63. The number of benzene rings is 1. The van der Waals surface area contributed by atoms with Crippen LogP contribution in [0.25, 0.3) is 0 Å². The van der Waals surface area contributed by atoms with Crippen LogP contribution in [0.15, 0.2) is 52.4 Å². The first-order valence-electron chi connectivity index (χ1n) is 13.7. The Morgan fingerprint density at radius 3 is 2.53 bits per heavy atom. The maximum Gasteiger partial charge on any atom is 0.362 e. The van der Waals surface area contributed by atoms with E-state index in [-0.39, 0.29) is 39.5 Å². The first-order chi connectivity index (χ1) is 22.3. The number of amidine groups is 1. The fourth-order valence-corrected chi connectivity index (χ4v) is 6.05. The molecule has 3 aromatic rings. The number of hydrogen-bond donors (Lipinski definition) is 6. The van der Waals surface area contributed by atoms with Gasteiger partial charge in [0.1, 0.15) is 42.6 Å². The number of hydrogen-bond acceptors (Lipinski definition) is 15. The predicted molar refractivity (Wildman–Crippen MR) is 163 cm³/mol. The van der Waals surface area contributed by atoms with Gasteiger partial charge in [-0.05, 0) is 37.1 Å². The average Bonchev–Trinajstić information content (AvgIpc) is 3.67. The molecule has 2 aliphatic rings. The molecule has 0 bridgehead atoms. The number of aliphatic imine (C=N–C) groups is 1. The standard InChI is InChI=1S/C25H29N11O9S2/c26-13-5-14(6-13)31-21(27)12-1-3-15(4-2-12)44-8-18(24(39)40)45-34-19(16-9-46-25(28)32-16)22(37)33-20-17(7-35-11-29-10-30-35)36(23(20)38)47(41,42)43/h1-4,9-11,13-14,17-18,20H,5-8,26H2,(H2,27,31)(H2,28,32)(H,33,37)(H,39,40)(H,41,42,43)/b34-19-/t13?,14?,17?,18-,20?/m0/s1. The van der Waals surface area contributed by atoms with E-state index in [4.69, 9.17) is 26.8 Å². The molecule has 0 spiro atoms. The summed E-state index contributed by atoms with van der Waals surface area (Å²) < 4.78 is 40.1. The Kier molecular flexibility index (Phi) is 9.64. The second kappa shape index (κ2) is 13.7. The van der Waals surface area contributed by atoms with Crippen molar-refractivity contribution in [1.82, 2.24) is 29.4 Å². The van der Waals surface area contributed by atoms with Gasteiger partial charge < -0.3 is 37.2 Å². The highest BCUT2D eigenvalue weighted by atomic mass is 32.2. The van der Waals surface area contributed by atoms with Crippen LogP contribution in [0.5, 0.6) is 5.75 Å². The number of nitrogens with one attached hydrogen (secondary N) is 1. The number of rotatable bonds is 14. The monoisotopic (exact) mass is 691 g/mol. The quantitative estimate of drug-likeness (QED) is 0.0349. The number of thiazole rings is 1. The van der Waals surface area contributed by atoms with Crippen LogP contribution in [0, 0.1) is 0 Å². The van der Waals surface area contributed by atoms with Crippen molar-refractivity contribution >= 4 is 56.1 Å². The lowest BCUT2D eigenvalue weighted by atomic mass is 9.88. The number of aliphatic carboxylic acids is 1. The molecule has 2 aromatic heterocycles. The van der Waals surface area contributed by atoms with Gasteiger partial charge in [0.15, 0.2) is 10.8 Å². The molecule has 0 radical (unpaired) electrons. The van der Waals surface area contributed by atoms with Crippen LogP contribution in [0.3, 0.4) is 0 Å². The minimum atomic E-state index is -4.98. The van der Waals surface area contributed by atoms with Crippen molar-refractivity contribution in [3.8, 4) is 5.75 Å². The number of carboxylic acids is 1. The van der Waals surface area contributed by atoms with Crippen molar-refractivity contribution in [3.63, 3.8) is 0 Å². The third-order valence-corrected chi connectivity index (χ3v) is 8.72. The summed E-state index contributed by atoms with van der Waals surface area (Å²) in [5, 5.41) is 21.0. The van der Waals surface area contributed by atoms with Crippen LogP contribution in [0.4, 0.5) is 5.13 Å². The molecule has 1 saturated carbocycles. The van der Waals surface area contributed by atoms with Crippen molar-refractivity contribution in [1.29, 1.82) is 0 Å². The largest absolute Gasteiger partial charge is 0.489 e. The summed E-state index contributed by atoms with van der Waals surface area (Å²) in [5.74, 6) is -3.10. The highest BCUT2D eigenvalue weighted by Gasteiger charge is 2.54. The van der Waals surface area contributed by atoms with Crippen molar-refractivity contribution in [3.05, 3.63) is 53.6 Å². The lowest BCUT2D eigenvalue weighted by molar-refractivity contribution is -0.152. The zero-order chi connectivity index (χ0) is 33.9. The molecule has 5 rings (SSSR count). The molecule has 1 aliphatic carbocycles. The van der Waals surface area contributed by atoms with Crippen molar-refractivity contribution < 1.29 is 42.0 Å². The molecule has 3 atom stereocenters. The Morgan fingerprint density at radius 1 is 1.23 bits per heavy atom. The van der Waals surface area contributed by atoms with Crippen molar-refractivity contribution in [2.45, 2.75) is 49.7 Å². The molecule has 1 aliphatic heterocycles. The summed E-state index contributed by atoms with van der Waals surface area (Å²) in [6.07, 6.45) is 2.20. The Hall–Kier alpha value is -5.19. The molecule has 2 unspecified atom stereocenters. The van der Waals surface area contributed by atoms with Gasteiger partial charge in [-0.15, -0.1) is 11.3 Å². The van der Waals surface area contributed by atoms with Crippen LogP contribution < -0.4 is 27.3 Å². The summed E-state index contributed by atoms with van der Waals surface area (Å²) in [5.41, 5.74) is 17.5. The smallest absolute Gasteiger partial charge is 0.362 e. The summed E-state index contributed by atoms with van der Waals surface area (Å²) in [6, 6.07) is 3.85. The number of β-lactam (4-membered cyclic amide) rings is 1. The molecule has 47 heavy (non-hydrogen) atoms. The van der Waals surface area contributed by atoms with Gasteiger partial charge in [-0.2, -0.15) is 13.5 Å². The van der Waals surface area contributed by atoms with E-state index in [2.05, 4.69) is 30.5 Å². The minimum Gasteiger partial charge on any atom is -0.489 e. The number of carboxylic acid groups (broad SMARTS) is 1. The maximum atomic E-state index is 13.3. The molecule has 9 N–H and O–H groups in total. The highest BCUT2D eigenvalue weighted by Crippen LogP contribution is 2.26. The van der Waals surface area contributed by atoms with Gasteiger partial charge >= 0.3 is 16.3 Å². The van der Waals surface area contributed by atoms with Crippen molar-refractivity contribution in [2.75, 3.05) is 12.3 Å². The molecule has 2 fully saturated rings. The molecule has 20 nitrogen and oxygen atoms in total. The van der Waals surface area contributed by atoms with Gasteiger partial charge in [-0.1, -0.05) is 5.16 Å². The number of anilines is 1. The van der Waals surface area contributed by atoms with Crippen LogP contribution in [0.2, 0.25) is 0 Å². The molecule has 3 heterocycles. The predicted octanol–water partition coefficient (Wildman–Crippen LogP) is -2.04. The number of amides is 2. The summed E-state index contributed by atoms with van der Waals surface area (Å²) in [4.78, 5) is 55.3. The number of aromatic nitrogens is 4. The summed E-state index contributed by atoms with van der Waals surface area (Å²) >= 11 is 0.935. The van der Waals surface area contributed by atoms with Gasteiger partial charge in [0.2, 0.25) is 0 Å². The Morgan fingerprint density at radius 2 is 1.96 bits per heavy atom. The number of oxime groups is 1. The zero-order valence-electron chi connectivity index (χ0n) is 24.2. The SMILES string of the molecule is NC(=NC1CC(N)C1)c1ccc(OC[C@H](O/N=C(\C(=O)NC2C(=O)N(S(=O)(=O)O)C2Cn2cncn2)c2csc(N)n2)C(=O)O)cc1. The first kappa shape index (κ1) is 33.2. The second-order valence-electron chi connectivity index (χ2n) is 10.4. The number of carbonyl (C=O) groups is 3. The number of nitrogen functional groups attached to an aromatic ring is 1. The average molecular weight is 692 g/mol. The van der Waals surface area contributed by atoms with E-state index in [1.807, 2.05) is 0 Å². The van der Waals surface area contributed by atoms with E-state index in [1.54, 1.807) is 24.3 Å². The molecule has 250 valence electrons. The summed E-state index contributed by atoms with van der Waals surface area (Å²) in [6.45, 7) is -0.808. The zero-order valence-corrected chi connectivity index (χ0v) is 25.8. The Balaban J connectivity index is 1.27. The Bertz CT molecular complexity index is 1790. The molecule has 1 aromatic carbocycles. The van der Waals surface area contributed by atoms with Gasteiger partial charge in [0, 0.05) is 17.0 Å². The number of carbonyl (C=O) groups excluding carboxylic acids is 2. The van der Waals surface area contributed by atoms with Gasteiger partial charge in [-0.25, -0.2) is 19.1 Å². The molecule has 22 heteroatoms.